The van der Waals surface area contributed by atoms with E-state index in [1.807, 2.05) is 0 Å². The Balaban J connectivity index is 4.31. The molecule has 0 radical (unpaired) electrons. The molecule has 0 heterocycles. The van der Waals surface area contributed by atoms with Crippen molar-refractivity contribution in [2.24, 2.45) is 5.92 Å². The zero-order valence-corrected chi connectivity index (χ0v) is 9.94. The Labute approximate surface area is 87.9 Å². The zero-order valence-electron chi connectivity index (χ0n) is 9.94. The quantitative estimate of drug-likeness (QED) is 0.544. The van der Waals surface area contributed by atoms with Gasteiger partial charge in [0.15, 0.2) is 0 Å². The van der Waals surface area contributed by atoms with Crippen molar-refractivity contribution >= 4 is 0 Å². The molecule has 0 aliphatic carbocycles. The van der Waals surface area contributed by atoms with Gasteiger partial charge in [-0.25, -0.2) is 4.39 Å². The maximum atomic E-state index is 12.9. The third-order valence-corrected chi connectivity index (χ3v) is 2.62. The minimum Gasteiger partial charge on any atom is -0.248 e. The van der Waals surface area contributed by atoms with Gasteiger partial charge in [-0.3, -0.25) is 0 Å². The van der Waals surface area contributed by atoms with Crippen LogP contribution in [-0.4, -0.2) is 6.17 Å². The molecule has 0 aromatic rings. The van der Waals surface area contributed by atoms with Crippen LogP contribution in [0, 0.1) is 5.92 Å². The van der Waals surface area contributed by atoms with Crippen LogP contribution in [0.15, 0.2) is 23.8 Å². The molecule has 0 fully saturated rings. The second kappa shape index (κ2) is 6.80. The van der Waals surface area contributed by atoms with Gasteiger partial charge in [-0.1, -0.05) is 37.6 Å². The Morgan fingerprint density at radius 2 is 2.00 bits per heavy atom. The van der Waals surface area contributed by atoms with Crippen LogP contribution < -0.4 is 0 Å². The van der Waals surface area contributed by atoms with Gasteiger partial charge in [0, 0.05) is 0 Å². The smallest absolute Gasteiger partial charge is 0.0979 e. The lowest BCUT2D eigenvalue weighted by molar-refractivity contribution is 0.303. The summed E-state index contributed by atoms with van der Waals surface area (Å²) in [5.41, 5.74) is 2.40. The molecule has 2 atom stereocenters. The molecule has 14 heavy (non-hydrogen) atoms. The van der Waals surface area contributed by atoms with Gasteiger partial charge in [-0.05, 0) is 39.0 Å². The first-order valence-electron chi connectivity index (χ1n) is 5.51. The molecular weight excluding hydrogens is 175 g/mol. The van der Waals surface area contributed by atoms with E-state index in [-0.39, 0.29) is 0 Å². The number of rotatable bonds is 6. The molecule has 2 unspecified atom stereocenters. The van der Waals surface area contributed by atoms with E-state index in [1.165, 1.54) is 5.57 Å². The minimum atomic E-state index is -0.730. The van der Waals surface area contributed by atoms with Crippen molar-refractivity contribution in [3.63, 3.8) is 0 Å². The van der Waals surface area contributed by atoms with Gasteiger partial charge >= 0.3 is 0 Å². The molecule has 0 bridgehead atoms. The van der Waals surface area contributed by atoms with Crippen molar-refractivity contribution in [1.82, 2.24) is 0 Å². The lowest BCUT2D eigenvalue weighted by Gasteiger charge is -2.16. The van der Waals surface area contributed by atoms with E-state index in [0.717, 1.165) is 18.4 Å². The summed E-state index contributed by atoms with van der Waals surface area (Å²) in [7, 11) is 0. The van der Waals surface area contributed by atoms with Crippen LogP contribution in [0.5, 0.6) is 0 Å². The molecule has 0 nitrogen and oxygen atoms in total. The predicted molar refractivity (Wildman–Crippen MR) is 62.2 cm³/mol. The van der Waals surface area contributed by atoms with Gasteiger partial charge in [0.2, 0.25) is 0 Å². The predicted octanol–water partition coefficient (Wildman–Crippen LogP) is 4.67. The summed E-state index contributed by atoms with van der Waals surface area (Å²) in [6.45, 7) is 11.9. The Bertz CT molecular complexity index is 201. The van der Waals surface area contributed by atoms with Crippen molar-refractivity contribution in [2.75, 3.05) is 0 Å². The SMILES string of the molecule is C=C(/C=C(\C)CC)C(CC)CC(C)F. The summed E-state index contributed by atoms with van der Waals surface area (Å²) in [6, 6.07) is 0. The molecule has 0 rings (SSSR count). The average molecular weight is 198 g/mol. The fourth-order valence-corrected chi connectivity index (χ4v) is 1.51. The molecule has 0 saturated heterocycles. The molecule has 0 aliphatic rings. The summed E-state index contributed by atoms with van der Waals surface area (Å²) in [4.78, 5) is 0. The van der Waals surface area contributed by atoms with Gasteiger partial charge in [-0.15, -0.1) is 0 Å². The second-order valence-corrected chi connectivity index (χ2v) is 4.04. The van der Waals surface area contributed by atoms with Gasteiger partial charge in [0.25, 0.3) is 0 Å². The van der Waals surface area contributed by atoms with Crippen molar-refractivity contribution in [3.8, 4) is 0 Å². The van der Waals surface area contributed by atoms with Crippen LogP contribution in [-0.2, 0) is 0 Å². The minimum absolute atomic E-state index is 0.302. The summed E-state index contributed by atoms with van der Waals surface area (Å²) in [6.07, 6.45) is 3.99. The zero-order chi connectivity index (χ0) is 11.1. The normalized spacial score (nSPS) is 16.5. The molecule has 0 aliphatic heterocycles. The molecular formula is C13H23F. The molecule has 0 amide bonds. The molecule has 82 valence electrons. The third-order valence-electron chi connectivity index (χ3n) is 2.62. The first kappa shape index (κ1) is 13.4. The van der Waals surface area contributed by atoms with Crippen LogP contribution in [0.2, 0.25) is 0 Å². The Morgan fingerprint density at radius 3 is 2.36 bits per heavy atom. The fourth-order valence-electron chi connectivity index (χ4n) is 1.51. The number of hydrogen-bond donors (Lipinski definition) is 0. The number of allylic oxidation sites excluding steroid dienone is 3. The van der Waals surface area contributed by atoms with E-state index in [9.17, 15) is 4.39 Å². The van der Waals surface area contributed by atoms with E-state index >= 15 is 0 Å². The Hall–Kier alpha value is -0.590. The molecule has 0 spiro atoms. The standard InChI is InChI=1S/C13H23F/c1-6-10(3)8-11(4)13(7-2)9-12(5)14/h8,12-13H,4,6-7,9H2,1-3,5H3/b10-8+. The Kier molecular flexibility index (Phi) is 6.52. The van der Waals surface area contributed by atoms with E-state index in [0.29, 0.717) is 12.3 Å². The molecule has 0 N–H and O–H groups in total. The van der Waals surface area contributed by atoms with E-state index in [1.54, 1.807) is 6.92 Å². The summed E-state index contributed by atoms with van der Waals surface area (Å²) in [5, 5.41) is 0. The first-order valence-corrected chi connectivity index (χ1v) is 5.51. The number of alkyl halides is 1. The fraction of sp³-hybridized carbons (Fsp3) is 0.692. The van der Waals surface area contributed by atoms with Crippen LogP contribution in [0.3, 0.4) is 0 Å². The van der Waals surface area contributed by atoms with Gasteiger partial charge in [-0.2, -0.15) is 0 Å². The highest BCUT2D eigenvalue weighted by Crippen LogP contribution is 2.23. The number of halogens is 1. The van der Waals surface area contributed by atoms with Crippen molar-refractivity contribution < 1.29 is 4.39 Å². The lowest BCUT2D eigenvalue weighted by Crippen LogP contribution is -2.07. The summed E-state index contributed by atoms with van der Waals surface area (Å²) >= 11 is 0. The molecule has 0 aromatic carbocycles. The highest BCUT2D eigenvalue weighted by molar-refractivity contribution is 5.22. The molecule has 1 heteroatoms. The van der Waals surface area contributed by atoms with Gasteiger partial charge in [0.1, 0.15) is 0 Å². The summed E-state index contributed by atoms with van der Waals surface area (Å²) in [5.74, 6) is 0.302. The van der Waals surface area contributed by atoms with Gasteiger partial charge in [0.05, 0.1) is 6.17 Å². The maximum Gasteiger partial charge on any atom is 0.0979 e. The lowest BCUT2D eigenvalue weighted by atomic mass is 9.91. The molecule has 0 saturated carbocycles. The third kappa shape index (κ3) is 5.21. The Morgan fingerprint density at radius 1 is 1.43 bits per heavy atom. The van der Waals surface area contributed by atoms with Crippen LogP contribution >= 0.6 is 0 Å². The monoisotopic (exact) mass is 198 g/mol. The van der Waals surface area contributed by atoms with E-state index in [4.69, 9.17) is 0 Å². The van der Waals surface area contributed by atoms with Crippen molar-refractivity contribution in [3.05, 3.63) is 23.8 Å². The van der Waals surface area contributed by atoms with Gasteiger partial charge < -0.3 is 0 Å². The topological polar surface area (TPSA) is 0 Å². The molecule has 0 aromatic heterocycles. The van der Waals surface area contributed by atoms with E-state index < -0.39 is 6.17 Å². The first-order chi connectivity index (χ1) is 6.51. The average Bonchev–Trinajstić information content (AvgIpc) is 2.13. The maximum absolute atomic E-state index is 12.9. The highest BCUT2D eigenvalue weighted by Gasteiger charge is 2.12. The van der Waals surface area contributed by atoms with E-state index in [2.05, 4.69) is 33.4 Å². The summed E-state index contributed by atoms with van der Waals surface area (Å²) < 4.78 is 12.9. The van der Waals surface area contributed by atoms with Crippen LogP contribution in [0.25, 0.3) is 0 Å². The van der Waals surface area contributed by atoms with Crippen molar-refractivity contribution in [1.29, 1.82) is 0 Å². The largest absolute Gasteiger partial charge is 0.248 e. The highest BCUT2D eigenvalue weighted by atomic mass is 19.1. The second-order valence-electron chi connectivity index (χ2n) is 4.04. The van der Waals surface area contributed by atoms with Crippen LogP contribution in [0.4, 0.5) is 4.39 Å². The van der Waals surface area contributed by atoms with Crippen molar-refractivity contribution in [2.45, 2.75) is 53.1 Å². The van der Waals surface area contributed by atoms with Crippen LogP contribution in [0.1, 0.15) is 47.0 Å². The number of hydrogen-bond acceptors (Lipinski definition) is 0.